The first-order valence-electron chi connectivity index (χ1n) is 34.4. The molecule has 0 heterocycles. The van der Waals surface area contributed by atoms with Crippen molar-refractivity contribution in [3.63, 3.8) is 0 Å². The van der Waals surface area contributed by atoms with Crippen LogP contribution in [0.5, 0.6) is 0 Å². The second-order valence-corrected chi connectivity index (χ2v) is 26.6. The number of carboxylic acids is 2. The topological polar surface area (TPSA) is 311 Å². The summed E-state index contributed by atoms with van der Waals surface area (Å²) < 4.78 is 16.7. The highest BCUT2D eigenvalue weighted by atomic mass is 16.6. The van der Waals surface area contributed by atoms with Gasteiger partial charge in [0.05, 0.1) is 17.9 Å². The predicted molar refractivity (Wildman–Crippen MR) is 368 cm³/mol. The molecule has 0 bridgehead atoms. The van der Waals surface area contributed by atoms with Crippen molar-refractivity contribution in [2.24, 2.45) is 57.3 Å². The fraction of sp³-hybridized carbons (Fsp3) is 0.442. The van der Waals surface area contributed by atoms with Crippen molar-refractivity contribution in [1.29, 1.82) is 0 Å². The molecule has 20 nitrogen and oxygen atoms in total. The van der Waals surface area contributed by atoms with E-state index in [-0.39, 0.29) is 53.5 Å². The summed E-state index contributed by atoms with van der Waals surface area (Å²) in [6.45, 7) is 3.34. The van der Waals surface area contributed by atoms with Crippen molar-refractivity contribution in [1.82, 2.24) is 16.0 Å². The highest BCUT2D eigenvalue weighted by molar-refractivity contribution is 5.82. The van der Waals surface area contributed by atoms with Crippen molar-refractivity contribution < 1.29 is 58.0 Å². The number of nitrogens with zero attached hydrogens (tertiary/aromatic N) is 4. The van der Waals surface area contributed by atoms with Crippen LogP contribution in [-0.4, -0.2) is 104 Å². The molecule has 6 aromatic rings. The molecule has 4 saturated carbocycles. The zero-order valence-corrected chi connectivity index (χ0v) is 54.8. The maximum Gasteiger partial charge on any atom is 0.407 e. The van der Waals surface area contributed by atoms with E-state index in [9.17, 15) is 33.6 Å². The molecule has 0 atom stereocenters. The van der Waals surface area contributed by atoms with Crippen LogP contribution in [0.4, 0.5) is 14.4 Å². The first-order chi connectivity index (χ1) is 47.3. The maximum atomic E-state index is 12.3. The maximum absolute atomic E-state index is 12.3. The van der Waals surface area contributed by atoms with E-state index in [0.29, 0.717) is 95.4 Å². The first-order valence-corrected chi connectivity index (χ1v) is 34.4. The van der Waals surface area contributed by atoms with Crippen molar-refractivity contribution in [2.45, 2.75) is 127 Å². The van der Waals surface area contributed by atoms with Crippen LogP contribution in [0.15, 0.2) is 156 Å². The molecular formula is C77H88N8O12. The fourth-order valence-electron chi connectivity index (χ4n) is 15.2. The summed E-state index contributed by atoms with van der Waals surface area (Å²) in [6.07, 6.45) is 13.8. The molecular weight excluding hydrogens is 1230 g/mol. The number of nitrogens with two attached hydrogens (primary N) is 1. The zero-order chi connectivity index (χ0) is 68.0. The molecule has 7 aliphatic rings. The van der Waals surface area contributed by atoms with Crippen LogP contribution >= 0.6 is 0 Å². The van der Waals surface area contributed by atoms with Gasteiger partial charge in [-0.3, -0.25) is 14.4 Å². The number of azide groups is 1. The van der Waals surface area contributed by atoms with Crippen LogP contribution in [0.2, 0.25) is 0 Å². The number of benzene rings is 6. The Morgan fingerprint density at radius 2 is 0.691 bits per heavy atom. The summed E-state index contributed by atoms with van der Waals surface area (Å²) in [4.78, 5) is 86.6. The monoisotopic (exact) mass is 1320 g/mol. The van der Waals surface area contributed by atoms with Gasteiger partial charge in [0.15, 0.2) is 0 Å². The highest BCUT2D eigenvalue weighted by Crippen LogP contribution is 2.47. The SMILES string of the molecule is NCC1CCC(C(=O)O)CC1.O=C(NCC1CCC(C(=O)O)CC1)OCC1c2ccccc2-c2ccccc21.O=C=NC1CCC(CNC(=O)OCC2c3ccccc3-c3ccccc32)CC1.[N-]=[N+]=NC(=O)C1CCC(CNC(=O)OCC2c3ccccc3-c3ccccc32)CC1. The van der Waals surface area contributed by atoms with Crippen molar-refractivity contribution in [2.75, 3.05) is 46.0 Å². The zero-order valence-electron chi connectivity index (χ0n) is 54.8. The lowest BCUT2D eigenvalue weighted by molar-refractivity contribution is -0.144. The quantitative estimate of drug-likeness (QED) is 0.0124. The third-order valence-electron chi connectivity index (χ3n) is 20.8. The summed E-state index contributed by atoms with van der Waals surface area (Å²) in [5, 5.41) is 29.6. The van der Waals surface area contributed by atoms with Gasteiger partial charge in [-0.25, -0.2) is 24.2 Å². The summed E-state index contributed by atoms with van der Waals surface area (Å²) in [6, 6.07) is 49.7. The molecule has 7 aliphatic carbocycles. The van der Waals surface area contributed by atoms with Gasteiger partial charge in [0.1, 0.15) is 19.8 Å². The molecule has 4 amide bonds. The van der Waals surface area contributed by atoms with E-state index in [1.807, 2.05) is 72.8 Å². The number of ether oxygens (including phenoxy) is 3. The van der Waals surface area contributed by atoms with Crippen LogP contribution in [0, 0.1) is 41.4 Å². The van der Waals surface area contributed by atoms with Crippen LogP contribution in [0.25, 0.3) is 43.8 Å². The van der Waals surface area contributed by atoms with Crippen molar-refractivity contribution >= 4 is 42.2 Å². The second kappa shape index (κ2) is 34.9. The number of fused-ring (bicyclic) bond motifs is 9. The molecule has 508 valence electrons. The van der Waals surface area contributed by atoms with E-state index in [0.717, 1.165) is 77.0 Å². The van der Waals surface area contributed by atoms with Gasteiger partial charge in [-0.05, 0) is 210 Å². The average molecular weight is 1320 g/mol. The number of carboxylic acid groups (broad SMARTS) is 2. The first kappa shape index (κ1) is 70.2. The van der Waals surface area contributed by atoms with E-state index < -0.39 is 24.1 Å². The van der Waals surface area contributed by atoms with E-state index in [4.69, 9.17) is 35.7 Å². The largest absolute Gasteiger partial charge is 0.481 e. The predicted octanol–water partition coefficient (Wildman–Crippen LogP) is 14.8. The molecule has 0 spiro atoms. The number of rotatable bonds is 17. The minimum absolute atomic E-state index is 0.0466. The van der Waals surface area contributed by atoms with E-state index in [1.54, 1.807) is 6.08 Å². The average Bonchev–Trinajstić information content (AvgIpc) is 1.64. The van der Waals surface area contributed by atoms with Crippen LogP contribution in [0.1, 0.15) is 154 Å². The van der Waals surface area contributed by atoms with Crippen LogP contribution in [-0.2, 0) is 33.4 Å². The molecule has 0 aliphatic heterocycles. The summed E-state index contributed by atoms with van der Waals surface area (Å²) >= 11 is 0. The van der Waals surface area contributed by atoms with Gasteiger partial charge < -0.3 is 46.1 Å². The van der Waals surface area contributed by atoms with Crippen molar-refractivity contribution in [3.05, 3.63) is 189 Å². The number of isocyanates is 1. The Balaban J connectivity index is 0.000000146. The lowest BCUT2D eigenvalue weighted by atomic mass is 9.81. The highest BCUT2D eigenvalue weighted by Gasteiger charge is 2.34. The Bertz CT molecular complexity index is 3530. The summed E-state index contributed by atoms with van der Waals surface area (Å²) in [7, 11) is 0. The van der Waals surface area contributed by atoms with Crippen molar-refractivity contribution in [3.8, 4) is 33.4 Å². The lowest BCUT2D eigenvalue weighted by Gasteiger charge is -2.26. The Hall–Kier alpha value is -9.61. The van der Waals surface area contributed by atoms with Gasteiger partial charge in [0.2, 0.25) is 12.0 Å². The number of hydrogen-bond acceptors (Lipinski definition) is 12. The third kappa shape index (κ3) is 18.5. The number of carbonyl (C=O) groups is 6. The number of alkyl carbamates (subject to hydrolysis) is 3. The summed E-state index contributed by atoms with van der Waals surface area (Å²) in [5.41, 5.74) is 28.3. The van der Waals surface area contributed by atoms with E-state index in [2.05, 4.69) is 104 Å². The number of aliphatic carboxylic acids is 2. The molecule has 97 heavy (non-hydrogen) atoms. The Morgan fingerprint density at radius 1 is 0.423 bits per heavy atom. The van der Waals surface area contributed by atoms with Gasteiger partial charge in [0.25, 0.3) is 0 Å². The molecule has 0 saturated heterocycles. The standard InChI is InChI=1S/C23H24N4O3.C23H24N2O3.C23H25NO4.C8H15NO2/c24-27-26-22(28)16-11-9-15(10-12-16)13-25-23(29)30-14-21-19-7-3-1-5-17(19)18-6-2-4-8-20(18)21;26-15-25-17-11-9-16(10-12-17)13-24-23(27)28-14-22-20-7-3-1-5-18(20)19-6-2-4-8-21(19)22;25-22(26)16-11-9-15(10-12-16)13-24-23(27)28-14-21-19-7-3-1-5-17(19)18-6-2-4-8-20(18)21;9-5-6-1-3-7(4-2-6)8(10)11/h1-8,15-16,21H,9-14H2,(H,25,29);1-8,16-17,22H,9-14H2,(H,24,27);1-8,15-16,21H,9-14H2,(H,24,27)(H,25,26);6-7H,1-5,9H2,(H,10,11). The second-order valence-electron chi connectivity index (χ2n) is 26.6. The van der Waals surface area contributed by atoms with Gasteiger partial charge in [-0.2, -0.15) is 0 Å². The summed E-state index contributed by atoms with van der Waals surface area (Å²) in [5.74, 6) is -0.427. The van der Waals surface area contributed by atoms with Crippen LogP contribution in [0.3, 0.4) is 0 Å². The third-order valence-corrected chi connectivity index (χ3v) is 20.8. The minimum Gasteiger partial charge on any atom is -0.481 e. The molecule has 0 radical (unpaired) electrons. The van der Waals surface area contributed by atoms with Gasteiger partial charge in [0, 0.05) is 48.2 Å². The van der Waals surface area contributed by atoms with Crippen LogP contribution < -0.4 is 21.7 Å². The molecule has 4 fully saturated rings. The smallest absolute Gasteiger partial charge is 0.407 e. The number of carbonyl (C=O) groups excluding carboxylic acids is 5. The van der Waals surface area contributed by atoms with E-state index in [1.165, 1.54) is 66.8 Å². The molecule has 7 N–H and O–H groups in total. The number of hydrogen-bond donors (Lipinski definition) is 6. The molecule has 13 rings (SSSR count). The normalized spacial score (nSPS) is 21.7. The molecule has 20 heteroatoms. The van der Waals surface area contributed by atoms with Gasteiger partial charge in [-0.1, -0.05) is 146 Å². The van der Waals surface area contributed by atoms with Gasteiger partial charge >= 0.3 is 30.2 Å². The minimum atomic E-state index is -0.706. The van der Waals surface area contributed by atoms with Gasteiger partial charge in [-0.15, -0.1) is 0 Å². The Morgan fingerprint density at radius 3 is 0.959 bits per heavy atom. The molecule has 0 unspecified atom stereocenters. The fourth-order valence-corrected chi connectivity index (χ4v) is 15.2. The number of nitrogens with one attached hydrogen (secondary N) is 3. The lowest BCUT2D eigenvalue weighted by Crippen LogP contribution is -2.33. The number of amides is 4. The Kier molecular flexibility index (Phi) is 25.2. The number of aliphatic imine (C=N–C) groups is 1. The van der Waals surface area contributed by atoms with E-state index >= 15 is 0 Å². The molecule has 0 aromatic heterocycles. The Labute approximate surface area is 566 Å². The molecule has 6 aromatic carbocycles.